The van der Waals surface area contributed by atoms with Gasteiger partial charge < -0.3 is 0 Å². The maximum atomic E-state index is 7.15. The Bertz CT molecular complexity index is 181. The smallest absolute Gasteiger partial charge is 0.0236 e. The summed E-state index contributed by atoms with van der Waals surface area (Å²) in [4.78, 5) is 0. The lowest BCUT2D eigenvalue weighted by atomic mass is 10.0. The highest BCUT2D eigenvalue weighted by Gasteiger charge is 1.93. The predicted octanol–water partition coefficient (Wildman–Crippen LogP) is 2.81. The summed E-state index contributed by atoms with van der Waals surface area (Å²) in [6, 6.07) is 10.2. The fraction of sp³-hybridized carbons (Fsp3) is 0.333. The maximum Gasteiger partial charge on any atom is 0.0236 e. The van der Waals surface area contributed by atoms with Gasteiger partial charge in [0, 0.05) is 1.37 Å². The lowest BCUT2D eigenvalue weighted by molar-refractivity contribution is 0.867. The Morgan fingerprint density at radius 1 is 1.33 bits per heavy atom. The van der Waals surface area contributed by atoms with E-state index in [0.29, 0.717) is 12.8 Å². The monoisotopic (exact) mass is 121 g/mol. The summed E-state index contributed by atoms with van der Waals surface area (Å²) in [5.74, 6) is 0.376. The van der Waals surface area contributed by atoms with E-state index in [9.17, 15) is 0 Å². The molecule has 1 rings (SSSR count). The van der Waals surface area contributed by atoms with Gasteiger partial charge >= 0.3 is 0 Å². The van der Waals surface area contributed by atoms with Crippen LogP contribution in [0.2, 0.25) is 0 Å². The topological polar surface area (TPSA) is 0 Å². The van der Waals surface area contributed by atoms with Gasteiger partial charge in [-0.15, -0.1) is 0 Å². The van der Waals surface area contributed by atoms with Crippen LogP contribution in [0.1, 0.15) is 26.7 Å². The van der Waals surface area contributed by atoms with Gasteiger partial charge in [0.05, 0.1) is 0 Å². The van der Waals surface area contributed by atoms with Gasteiger partial charge in [-0.3, -0.25) is 0 Å². The summed E-state index contributed by atoms with van der Waals surface area (Å²) in [5.41, 5.74) is 1.26. The first-order valence-corrected chi connectivity index (χ1v) is 3.18. The SMILES string of the molecule is [2H]C[C@@H](C)c1ccccc1. The second-order valence-electron chi connectivity index (χ2n) is 2.31. The van der Waals surface area contributed by atoms with Gasteiger partial charge in [-0.25, -0.2) is 0 Å². The summed E-state index contributed by atoms with van der Waals surface area (Å²) in [6.45, 7) is 2.55. The number of hydrogen-bond acceptors (Lipinski definition) is 0. The molecule has 0 heteroatoms. The van der Waals surface area contributed by atoms with Crippen LogP contribution in [0.25, 0.3) is 0 Å². The van der Waals surface area contributed by atoms with Crippen LogP contribution in [0, 0.1) is 0 Å². The van der Waals surface area contributed by atoms with Gasteiger partial charge in [-0.2, -0.15) is 0 Å². The van der Waals surface area contributed by atoms with E-state index in [1.165, 1.54) is 5.56 Å². The van der Waals surface area contributed by atoms with E-state index in [1.807, 2.05) is 18.2 Å². The summed E-state index contributed by atoms with van der Waals surface area (Å²) in [7, 11) is 0. The quantitative estimate of drug-likeness (QED) is 0.536. The first-order chi connectivity index (χ1) is 4.84. The molecule has 0 aliphatic heterocycles. The molecule has 0 bridgehead atoms. The molecule has 0 aliphatic rings. The highest BCUT2D eigenvalue weighted by atomic mass is 14.0. The standard InChI is InChI=1S/C9H12/c1-8(2)9-6-4-3-5-7-9/h3-8H,1-2H3/i1D/t8-/m0/s1. The molecule has 0 N–H and O–H groups in total. The maximum absolute atomic E-state index is 7.15. The lowest BCUT2D eigenvalue weighted by Crippen LogP contribution is -1.83. The largest absolute Gasteiger partial charge is 0.0622 e. The molecule has 1 aromatic carbocycles. The molecule has 48 valence electrons. The molecule has 0 aliphatic carbocycles. The van der Waals surface area contributed by atoms with Crippen molar-refractivity contribution in [2.24, 2.45) is 0 Å². The molecule has 0 saturated carbocycles. The van der Waals surface area contributed by atoms with Crippen LogP contribution in [-0.2, 0) is 0 Å². The summed E-state index contributed by atoms with van der Waals surface area (Å²) in [5, 5.41) is 0. The molecule has 0 heterocycles. The minimum absolute atomic E-state index is 0.376. The minimum Gasteiger partial charge on any atom is -0.0622 e. The van der Waals surface area contributed by atoms with E-state index in [1.54, 1.807) is 0 Å². The van der Waals surface area contributed by atoms with Crippen LogP contribution in [0.15, 0.2) is 30.3 Å². The molecule has 0 amide bonds. The first-order valence-electron chi connectivity index (χ1n) is 3.89. The normalized spacial score (nSPS) is 14.6. The summed E-state index contributed by atoms with van der Waals surface area (Å²) in [6.07, 6.45) is 0. The van der Waals surface area contributed by atoms with Gasteiger partial charge in [0.25, 0.3) is 0 Å². The average molecular weight is 121 g/mol. The third-order valence-corrected chi connectivity index (χ3v) is 1.37. The molecule has 1 atom stereocenters. The van der Waals surface area contributed by atoms with Crippen molar-refractivity contribution in [2.45, 2.75) is 19.7 Å². The van der Waals surface area contributed by atoms with E-state index in [2.05, 4.69) is 19.1 Å². The van der Waals surface area contributed by atoms with Crippen molar-refractivity contribution >= 4 is 0 Å². The second kappa shape index (κ2) is 2.67. The first kappa shape index (κ1) is 5.04. The van der Waals surface area contributed by atoms with E-state index < -0.39 is 0 Å². The molecule has 0 fully saturated rings. The molecule has 0 nitrogen and oxygen atoms in total. The molecular weight excluding hydrogens is 108 g/mol. The molecule has 0 saturated heterocycles. The molecule has 0 unspecified atom stereocenters. The van der Waals surface area contributed by atoms with Crippen molar-refractivity contribution in [3.63, 3.8) is 0 Å². The van der Waals surface area contributed by atoms with Crippen LogP contribution in [0.5, 0.6) is 0 Å². The van der Waals surface area contributed by atoms with Crippen molar-refractivity contribution < 1.29 is 1.37 Å². The summed E-state index contributed by atoms with van der Waals surface area (Å²) < 4.78 is 7.15. The van der Waals surface area contributed by atoms with Gasteiger partial charge in [0.1, 0.15) is 0 Å². The Morgan fingerprint density at radius 2 is 2.00 bits per heavy atom. The third kappa shape index (κ3) is 1.56. The van der Waals surface area contributed by atoms with Crippen molar-refractivity contribution in [3.8, 4) is 0 Å². The molecule has 0 spiro atoms. The van der Waals surface area contributed by atoms with Crippen molar-refractivity contribution in [1.82, 2.24) is 0 Å². The van der Waals surface area contributed by atoms with Gasteiger partial charge in [0.15, 0.2) is 0 Å². The highest BCUT2D eigenvalue weighted by Crippen LogP contribution is 2.11. The Balaban J connectivity index is 2.75. The third-order valence-electron chi connectivity index (χ3n) is 1.37. The Hall–Kier alpha value is -0.780. The van der Waals surface area contributed by atoms with Crippen LogP contribution < -0.4 is 0 Å². The molecule has 9 heavy (non-hydrogen) atoms. The molecule has 1 aromatic rings. The van der Waals surface area contributed by atoms with Gasteiger partial charge in [0.2, 0.25) is 0 Å². The fourth-order valence-electron chi connectivity index (χ4n) is 0.782. The lowest BCUT2D eigenvalue weighted by Gasteiger charge is -2.01. The second-order valence-corrected chi connectivity index (χ2v) is 2.31. The zero-order valence-electron chi connectivity index (χ0n) is 6.67. The van der Waals surface area contributed by atoms with Crippen LogP contribution in [-0.4, -0.2) is 0 Å². The number of hydrogen-bond donors (Lipinski definition) is 0. The zero-order chi connectivity index (χ0) is 7.40. The van der Waals surface area contributed by atoms with Crippen molar-refractivity contribution in [2.75, 3.05) is 0 Å². The number of rotatable bonds is 1. The van der Waals surface area contributed by atoms with E-state index in [0.717, 1.165) is 0 Å². The Morgan fingerprint density at radius 3 is 2.56 bits per heavy atom. The van der Waals surface area contributed by atoms with Crippen molar-refractivity contribution in [3.05, 3.63) is 35.9 Å². The Kier molecular flexibility index (Phi) is 1.50. The van der Waals surface area contributed by atoms with Crippen LogP contribution in [0.3, 0.4) is 0 Å². The Labute approximate surface area is 57.9 Å². The van der Waals surface area contributed by atoms with Gasteiger partial charge in [-0.05, 0) is 11.5 Å². The zero-order valence-corrected chi connectivity index (χ0v) is 5.67. The minimum atomic E-state index is 0.376. The fourth-order valence-corrected chi connectivity index (χ4v) is 0.782. The van der Waals surface area contributed by atoms with E-state index in [-0.39, 0.29) is 0 Å². The van der Waals surface area contributed by atoms with Crippen molar-refractivity contribution in [1.29, 1.82) is 0 Å². The molecular formula is C9H12. The average Bonchev–Trinajstić information content (AvgIpc) is 2.05. The predicted molar refractivity (Wildman–Crippen MR) is 40.5 cm³/mol. The van der Waals surface area contributed by atoms with Gasteiger partial charge in [-0.1, -0.05) is 44.2 Å². The molecule has 0 aromatic heterocycles. The summed E-state index contributed by atoms with van der Waals surface area (Å²) >= 11 is 0. The van der Waals surface area contributed by atoms with Crippen LogP contribution in [0.4, 0.5) is 0 Å². The van der Waals surface area contributed by atoms with E-state index >= 15 is 0 Å². The van der Waals surface area contributed by atoms with E-state index in [4.69, 9.17) is 1.37 Å². The highest BCUT2D eigenvalue weighted by molar-refractivity contribution is 5.17. The van der Waals surface area contributed by atoms with Crippen LogP contribution >= 0.6 is 0 Å². The number of benzene rings is 1. The molecule has 0 radical (unpaired) electrons.